The Bertz CT molecular complexity index is 1060. The van der Waals surface area contributed by atoms with Gasteiger partial charge < -0.3 is 10.1 Å². The van der Waals surface area contributed by atoms with E-state index in [2.05, 4.69) is 5.32 Å². The van der Waals surface area contributed by atoms with Gasteiger partial charge in [0.2, 0.25) is 5.91 Å². The van der Waals surface area contributed by atoms with Crippen LogP contribution in [0.5, 0.6) is 5.75 Å². The van der Waals surface area contributed by atoms with E-state index in [1.165, 1.54) is 4.90 Å². The van der Waals surface area contributed by atoms with Crippen LogP contribution in [0.1, 0.15) is 13.8 Å². The number of hydrogen-bond acceptors (Lipinski definition) is 5. The summed E-state index contributed by atoms with van der Waals surface area (Å²) in [7, 11) is 0. The van der Waals surface area contributed by atoms with Crippen LogP contribution in [0, 0.1) is 5.92 Å². The van der Waals surface area contributed by atoms with E-state index in [-0.39, 0.29) is 25.0 Å². The summed E-state index contributed by atoms with van der Waals surface area (Å²) in [6, 6.07) is 15.6. The fourth-order valence-corrected chi connectivity index (χ4v) is 4.01. The zero-order valence-corrected chi connectivity index (χ0v) is 17.7. The van der Waals surface area contributed by atoms with E-state index in [0.717, 1.165) is 21.8 Å². The Morgan fingerprint density at radius 3 is 2.77 bits per heavy atom. The van der Waals surface area contributed by atoms with Gasteiger partial charge in [-0.3, -0.25) is 14.5 Å². The number of amides is 2. The van der Waals surface area contributed by atoms with Gasteiger partial charge in [0.1, 0.15) is 17.3 Å². The molecule has 0 fully saturated rings. The highest BCUT2D eigenvalue weighted by molar-refractivity contribution is 7.13. The summed E-state index contributed by atoms with van der Waals surface area (Å²) in [5.41, 5.74) is 3.35. The number of nitrogens with zero attached hydrogens (tertiary/aromatic N) is 2. The minimum absolute atomic E-state index is 0.0301. The second kappa shape index (κ2) is 8.67. The molecule has 1 aliphatic rings. The third-order valence-corrected chi connectivity index (χ3v) is 5.62. The number of carbonyl (C=O) groups is 2. The van der Waals surface area contributed by atoms with E-state index in [1.807, 2.05) is 67.8 Å². The maximum atomic E-state index is 12.5. The number of rotatable bonds is 6. The van der Waals surface area contributed by atoms with Crippen LogP contribution in [0.15, 0.2) is 53.9 Å². The average molecular weight is 422 g/mol. The van der Waals surface area contributed by atoms with E-state index < -0.39 is 0 Å². The molecule has 2 heterocycles. The van der Waals surface area contributed by atoms with Crippen molar-refractivity contribution in [3.05, 3.63) is 53.9 Å². The van der Waals surface area contributed by atoms with Crippen molar-refractivity contribution in [1.82, 2.24) is 10.3 Å². The second-order valence-electron chi connectivity index (χ2n) is 7.55. The molecule has 1 aromatic heterocycles. The largest absolute Gasteiger partial charge is 0.482 e. The summed E-state index contributed by atoms with van der Waals surface area (Å²) in [5.74, 6) is 0.517. The number of fused-ring (bicyclic) bond motifs is 1. The Labute approximate surface area is 179 Å². The van der Waals surface area contributed by atoms with Crippen molar-refractivity contribution in [2.24, 2.45) is 5.92 Å². The molecule has 1 aliphatic heterocycles. The lowest BCUT2D eigenvalue weighted by Gasteiger charge is -2.29. The van der Waals surface area contributed by atoms with Gasteiger partial charge in [-0.25, -0.2) is 4.98 Å². The summed E-state index contributed by atoms with van der Waals surface area (Å²) < 4.78 is 5.57. The molecule has 3 aromatic rings. The molecule has 0 aliphatic carbocycles. The van der Waals surface area contributed by atoms with Crippen molar-refractivity contribution < 1.29 is 14.3 Å². The van der Waals surface area contributed by atoms with Crippen molar-refractivity contribution in [3.8, 4) is 27.6 Å². The molecule has 154 valence electrons. The van der Waals surface area contributed by atoms with Gasteiger partial charge in [0.15, 0.2) is 6.61 Å². The molecule has 0 bridgehead atoms. The molecule has 0 atom stereocenters. The van der Waals surface area contributed by atoms with Gasteiger partial charge in [-0.2, -0.15) is 0 Å². The molecule has 7 heteroatoms. The standard InChI is InChI=1S/C23H23N3O3S/c1-15(2)11-24-21(27)12-26-19-10-17(8-9-20(19)29-13-22(26)28)18-14-30-23(25-18)16-6-4-3-5-7-16/h3-10,14-15H,11-13H2,1-2H3,(H,24,27). The van der Waals surface area contributed by atoms with E-state index in [9.17, 15) is 9.59 Å². The fraction of sp³-hybridized carbons (Fsp3) is 0.261. The zero-order valence-electron chi connectivity index (χ0n) is 16.9. The van der Waals surface area contributed by atoms with E-state index in [4.69, 9.17) is 9.72 Å². The number of aromatic nitrogens is 1. The minimum Gasteiger partial charge on any atom is -0.482 e. The van der Waals surface area contributed by atoms with Gasteiger partial charge in [0, 0.05) is 23.1 Å². The topological polar surface area (TPSA) is 71.5 Å². The SMILES string of the molecule is CC(C)CNC(=O)CN1C(=O)COc2ccc(-c3csc(-c4ccccc4)n3)cc21. The second-order valence-corrected chi connectivity index (χ2v) is 8.41. The van der Waals surface area contributed by atoms with Crippen molar-refractivity contribution in [3.63, 3.8) is 0 Å². The maximum absolute atomic E-state index is 12.5. The molecule has 6 nitrogen and oxygen atoms in total. The maximum Gasteiger partial charge on any atom is 0.265 e. The predicted octanol–water partition coefficient (Wildman–Crippen LogP) is 3.97. The molecule has 0 saturated carbocycles. The molecule has 2 amide bonds. The molecule has 0 saturated heterocycles. The van der Waals surface area contributed by atoms with Crippen LogP contribution in [0.3, 0.4) is 0 Å². The third kappa shape index (κ3) is 4.36. The number of anilines is 1. The number of hydrogen-bond donors (Lipinski definition) is 1. The summed E-state index contributed by atoms with van der Waals surface area (Å²) in [4.78, 5) is 31.0. The molecule has 0 spiro atoms. The summed E-state index contributed by atoms with van der Waals surface area (Å²) in [5, 5.41) is 5.79. The van der Waals surface area contributed by atoms with Crippen LogP contribution >= 0.6 is 11.3 Å². The first kappa shape index (κ1) is 20.1. The van der Waals surface area contributed by atoms with Crippen LogP contribution in [-0.4, -0.2) is 36.5 Å². The monoisotopic (exact) mass is 421 g/mol. The Morgan fingerprint density at radius 1 is 1.20 bits per heavy atom. The van der Waals surface area contributed by atoms with Crippen LogP contribution in [0.2, 0.25) is 0 Å². The van der Waals surface area contributed by atoms with Crippen LogP contribution < -0.4 is 15.0 Å². The van der Waals surface area contributed by atoms with E-state index in [0.29, 0.717) is 23.9 Å². The van der Waals surface area contributed by atoms with Gasteiger partial charge in [-0.1, -0.05) is 44.2 Å². The van der Waals surface area contributed by atoms with Gasteiger partial charge in [-0.15, -0.1) is 11.3 Å². The summed E-state index contributed by atoms with van der Waals surface area (Å²) in [6.45, 7) is 4.53. The number of nitrogens with one attached hydrogen (secondary N) is 1. The van der Waals surface area contributed by atoms with Crippen molar-refractivity contribution in [2.75, 3.05) is 24.6 Å². The fourth-order valence-electron chi connectivity index (χ4n) is 3.17. The molecule has 2 aromatic carbocycles. The highest BCUT2D eigenvalue weighted by atomic mass is 32.1. The van der Waals surface area contributed by atoms with Gasteiger partial charge in [-0.05, 0) is 24.1 Å². The zero-order chi connectivity index (χ0) is 21.1. The molecule has 1 N–H and O–H groups in total. The highest BCUT2D eigenvalue weighted by Crippen LogP contribution is 2.37. The van der Waals surface area contributed by atoms with Gasteiger partial charge in [0.25, 0.3) is 5.91 Å². The minimum atomic E-state index is -0.234. The summed E-state index contributed by atoms with van der Waals surface area (Å²) >= 11 is 1.57. The lowest BCUT2D eigenvalue weighted by Crippen LogP contribution is -2.45. The predicted molar refractivity (Wildman–Crippen MR) is 119 cm³/mol. The Kier molecular flexibility index (Phi) is 5.81. The molecule has 30 heavy (non-hydrogen) atoms. The first-order chi connectivity index (χ1) is 14.5. The van der Waals surface area contributed by atoms with E-state index >= 15 is 0 Å². The van der Waals surface area contributed by atoms with Gasteiger partial charge in [0.05, 0.1) is 11.4 Å². The molecule has 0 unspecified atom stereocenters. The molecular weight excluding hydrogens is 398 g/mol. The van der Waals surface area contributed by atoms with Crippen LogP contribution in [-0.2, 0) is 9.59 Å². The van der Waals surface area contributed by atoms with Crippen LogP contribution in [0.25, 0.3) is 21.8 Å². The molecule has 0 radical (unpaired) electrons. The Hall–Kier alpha value is -3.19. The number of ether oxygens (including phenoxy) is 1. The third-order valence-electron chi connectivity index (χ3n) is 4.73. The quantitative estimate of drug-likeness (QED) is 0.654. The molecule has 4 rings (SSSR count). The van der Waals surface area contributed by atoms with Gasteiger partial charge >= 0.3 is 0 Å². The van der Waals surface area contributed by atoms with Crippen molar-refractivity contribution in [1.29, 1.82) is 0 Å². The average Bonchev–Trinajstić information content (AvgIpc) is 3.25. The van der Waals surface area contributed by atoms with Crippen LogP contribution in [0.4, 0.5) is 5.69 Å². The summed E-state index contributed by atoms with van der Waals surface area (Å²) in [6.07, 6.45) is 0. The molecular formula is C23H23N3O3S. The lowest BCUT2D eigenvalue weighted by molar-refractivity contribution is -0.125. The lowest BCUT2D eigenvalue weighted by atomic mass is 10.1. The van der Waals surface area contributed by atoms with E-state index in [1.54, 1.807) is 11.3 Å². The Morgan fingerprint density at radius 2 is 2.00 bits per heavy atom. The number of carbonyl (C=O) groups excluding carboxylic acids is 2. The highest BCUT2D eigenvalue weighted by Gasteiger charge is 2.28. The first-order valence-corrected chi connectivity index (χ1v) is 10.7. The Balaban J connectivity index is 1.60. The normalized spacial score (nSPS) is 13.2. The number of thiazole rings is 1. The number of benzene rings is 2. The smallest absolute Gasteiger partial charge is 0.265 e. The van der Waals surface area contributed by atoms with Crippen molar-refractivity contribution in [2.45, 2.75) is 13.8 Å². The first-order valence-electron chi connectivity index (χ1n) is 9.86. The van der Waals surface area contributed by atoms with Crippen molar-refractivity contribution >= 4 is 28.8 Å².